The smallest absolute Gasteiger partial charge is 0.199 e. The fourth-order valence-electron chi connectivity index (χ4n) is 2.12. The minimum absolute atomic E-state index is 0.183. The van der Waals surface area contributed by atoms with Crippen molar-refractivity contribution in [2.45, 2.75) is 39.7 Å². The highest BCUT2D eigenvalue weighted by molar-refractivity contribution is 7.87. The van der Waals surface area contributed by atoms with Gasteiger partial charge in [-0.25, -0.2) is 0 Å². The summed E-state index contributed by atoms with van der Waals surface area (Å²) in [7, 11) is -2.06. The lowest BCUT2D eigenvalue weighted by Gasteiger charge is -2.21. The summed E-state index contributed by atoms with van der Waals surface area (Å²) in [5.41, 5.74) is 3.50. The quantitative estimate of drug-likeness (QED) is 0.836. The van der Waals surface area contributed by atoms with Crippen molar-refractivity contribution in [3.63, 3.8) is 0 Å². The number of hydrogen-bond donors (Lipinski definition) is 1. The number of benzene rings is 1. The van der Waals surface area contributed by atoms with Gasteiger partial charge < -0.3 is 0 Å². The molecule has 0 aromatic heterocycles. The molecular weight excluding hydrogens is 286 g/mol. The minimum atomic E-state index is -3.54. The van der Waals surface area contributed by atoms with E-state index in [1.165, 1.54) is 22.5 Å². The van der Waals surface area contributed by atoms with Gasteiger partial charge in [0, 0.05) is 26.1 Å². The van der Waals surface area contributed by atoms with Gasteiger partial charge in [0.2, 0.25) is 0 Å². The molecule has 0 saturated heterocycles. The minimum Gasteiger partial charge on any atom is -0.199 e. The summed E-state index contributed by atoms with van der Waals surface area (Å²) < 4.78 is 28.0. The van der Waals surface area contributed by atoms with Crippen LogP contribution in [0.2, 0.25) is 0 Å². The molecule has 6 heteroatoms. The van der Waals surface area contributed by atoms with Crippen LogP contribution >= 0.6 is 0 Å². The largest absolute Gasteiger partial charge is 0.279 e. The Hall–Kier alpha value is -1.42. The van der Waals surface area contributed by atoms with Crippen LogP contribution in [0.15, 0.2) is 18.2 Å². The highest BCUT2D eigenvalue weighted by atomic mass is 32.2. The number of nitrogens with zero attached hydrogens (tertiary/aromatic N) is 2. The highest BCUT2D eigenvalue weighted by Gasteiger charge is 2.20. The predicted molar refractivity (Wildman–Crippen MR) is 84.0 cm³/mol. The average Bonchev–Trinajstić information content (AvgIpc) is 2.38. The van der Waals surface area contributed by atoms with Crippen LogP contribution in [0.3, 0.4) is 0 Å². The van der Waals surface area contributed by atoms with Gasteiger partial charge in [-0.2, -0.15) is 22.7 Å². The third-order valence-corrected chi connectivity index (χ3v) is 5.03. The van der Waals surface area contributed by atoms with Crippen LogP contribution in [-0.4, -0.2) is 32.4 Å². The predicted octanol–water partition coefficient (Wildman–Crippen LogP) is 1.91. The molecule has 0 radical (unpaired) electrons. The first kappa shape index (κ1) is 17.6. The van der Waals surface area contributed by atoms with Gasteiger partial charge in [0.1, 0.15) is 0 Å². The van der Waals surface area contributed by atoms with E-state index in [1.807, 2.05) is 39.0 Å². The molecule has 0 amide bonds. The zero-order chi connectivity index (χ0) is 16.0. The molecule has 116 valence electrons. The number of hydrogen-bond acceptors (Lipinski definition) is 3. The Balaban J connectivity index is 2.68. The van der Waals surface area contributed by atoms with E-state index in [4.69, 9.17) is 5.26 Å². The standard InChI is InChI=1S/C15H23N3O2S/c1-12-6-7-15(13(2)10-12)11-14(3)17-21(19,20)18(4)9-5-8-16/h6-7,10,14,17H,5,9,11H2,1-4H3/t14-/m0/s1. The maximum atomic E-state index is 12.1. The second-order valence-corrected chi connectivity index (χ2v) is 7.20. The summed E-state index contributed by atoms with van der Waals surface area (Å²) >= 11 is 0. The van der Waals surface area contributed by atoms with Gasteiger partial charge in [0.25, 0.3) is 10.2 Å². The zero-order valence-electron chi connectivity index (χ0n) is 13.0. The van der Waals surface area contributed by atoms with Crippen molar-refractivity contribution in [2.24, 2.45) is 0 Å². The molecule has 21 heavy (non-hydrogen) atoms. The van der Waals surface area contributed by atoms with Crippen molar-refractivity contribution in [1.29, 1.82) is 5.26 Å². The van der Waals surface area contributed by atoms with Crippen LogP contribution in [0.4, 0.5) is 0 Å². The molecule has 0 aliphatic rings. The van der Waals surface area contributed by atoms with E-state index in [0.717, 1.165) is 5.56 Å². The van der Waals surface area contributed by atoms with E-state index in [0.29, 0.717) is 6.42 Å². The Bertz CT molecular complexity index is 620. The molecule has 0 unspecified atom stereocenters. The Morgan fingerprint density at radius 3 is 2.62 bits per heavy atom. The summed E-state index contributed by atoms with van der Waals surface area (Å²) in [5, 5.41) is 8.52. The average molecular weight is 309 g/mol. The molecule has 1 aromatic rings. The molecule has 1 aromatic carbocycles. The van der Waals surface area contributed by atoms with E-state index in [-0.39, 0.29) is 19.0 Å². The normalized spacial score (nSPS) is 13.1. The second-order valence-electron chi connectivity index (χ2n) is 5.39. The lowest BCUT2D eigenvalue weighted by Crippen LogP contribution is -2.43. The first-order chi connectivity index (χ1) is 9.76. The highest BCUT2D eigenvalue weighted by Crippen LogP contribution is 2.13. The lowest BCUT2D eigenvalue weighted by atomic mass is 10.0. The molecule has 5 nitrogen and oxygen atoms in total. The van der Waals surface area contributed by atoms with Crippen LogP contribution in [-0.2, 0) is 16.6 Å². The molecule has 0 bridgehead atoms. The summed E-state index contributed by atoms with van der Waals surface area (Å²) in [6, 6.07) is 7.90. The van der Waals surface area contributed by atoms with Crippen LogP contribution in [0.5, 0.6) is 0 Å². The molecule has 0 heterocycles. The molecule has 0 aliphatic carbocycles. The Morgan fingerprint density at radius 1 is 1.38 bits per heavy atom. The number of aryl methyl sites for hydroxylation is 2. The van der Waals surface area contributed by atoms with E-state index in [9.17, 15) is 8.42 Å². The van der Waals surface area contributed by atoms with Crippen molar-refractivity contribution in [3.05, 3.63) is 34.9 Å². The monoisotopic (exact) mass is 309 g/mol. The first-order valence-electron chi connectivity index (χ1n) is 6.93. The van der Waals surface area contributed by atoms with Gasteiger partial charge in [-0.05, 0) is 38.3 Å². The Labute approximate surface area is 127 Å². The van der Waals surface area contributed by atoms with Crippen molar-refractivity contribution >= 4 is 10.2 Å². The van der Waals surface area contributed by atoms with Gasteiger partial charge in [-0.15, -0.1) is 0 Å². The zero-order valence-corrected chi connectivity index (χ0v) is 13.9. The maximum absolute atomic E-state index is 12.1. The molecule has 1 atom stereocenters. The number of rotatable bonds is 7. The van der Waals surface area contributed by atoms with Crippen molar-refractivity contribution < 1.29 is 8.42 Å². The summed E-state index contributed by atoms with van der Waals surface area (Å²) in [4.78, 5) is 0. The van der Waals surface area contributed by atoms with Crippen LogP contribution in [0.1, 0.15) is 30.0 Å². The van der Waals surface area contributed by atoms with Crippen LogP contribution in [0.25, 0.3) is 0 Å². The Morgan fingerprint density at radius 2 is 2.05 bits per heavy atom. The Kier molecular flexibility index (Phi) is 6.34. The van der Waals surface area contributed by atoms with E-state index >= 15 is 0 Å². The second kappa shape index (κ2) is 7.55. The third-order valence-electron chi connectivity index (χ3n) is 3.32. The molecule has 0 aliphatic heterocycles. The van der Waals surface area contributed by atoms with E-state index < -0.39 is 10.2 Å². The van der Waals surface area contributed by atoms with Gasteiger partial charge in [-0.1, -0.05) is 23.8 Å². The molecule has 1 rings (SSSR count). The van der Waals surface area contributed by atoms with Crippen molar-refractivity contribution in [3.8, 4) is 6.07 Å². The molecule has 0 saturated carbocycles. The number of nitrogens with one attached hydrogen (secondary N) is 1. The van der Waals surface area contributed by atoms with Gasteiger partial charge >= 0.3 is 0 Å². The van der Waals surface area contributed by atoms with Crippen molar-refractivity contribution in [2.75, 3.05) is 13.6 Å². The van der Waals surface area contributed by atoms with Crippen LogP contribution in [0, 0.1) is 25.2 Å². The molecule has 0 fully saturated rings. The summed E-state index contributed by atoms with van der Waals surface area (Å²) in [6.07, 6.45) is 0.820. The van der Waals surface area contributed by atoms with Gasteiger partial charge in [-0.3, -0.25) is 0 Å². The lowest BCUT2D eigenvalue weighted by molar-refractivity contribution is 0.454. The van der Waals surface area contributed by atoms with E-state index in [2.05, 4.69) is 10.8 Å². The van der Waals surface area contributed by atoms with Gasteiger partial charge in [0.05, 0.1) is 6.07 Å². The molecule has 0 spiro atoms. The first-order valence-corrected chi connectivity index (χ1v) is 8.37. The van der Waals surface area contributed by atoms with Crippen molar-refractivity contribution in [1.82, 2.24) is 9.03 Å². The SMILES string of the molecule is Cc1ccc(C[C@H](C)NS(=O)(=O)N(C)CCC#N)c(C)c1. The fraction of sp³-hybridized carbons (Fsp3) is 0.533. The number of nitriles is 1. The summed E-state index contributed by atoms with van der Waals surface area (Å²) in [6.45, 7) is 6.10. The molecule has 1 N–H and O–H groups in total. The maximum Gasteiger partial charge on any atom is 0.279 e. The topological polar surface area (TPSA) is 73.2 Å². The molecular formula is C15H23N3O2S. The fourth-order valence-corrected chi connectivity index (χ4v) is 3.22. The van der Waals surface area contributed by atoms with Gasteiger partial charge in [0.15, 0.2) is 0 Å². The summed E-state index contributed by atoms with van der Waals surface area (Å²) in [5.74, 6) is 0. The van der Waals surface area contributed by atoms with E-state index in [1.54, 1.807) is 0 Å². The van der Waals surface area contributed by atoms with Crippen LogP contribution < -0.4 is 4.72 Å². The third kappa shape index (κ3) is 5.46.